The van der Waals surface area contributed by atoms with Gasteiger partial charge in [0.1, 0.15) is 0 Å². The minimum atomic E-state index is -3.09. The molecule has 1 aliphatic carbocycles. The van der Waals surface area contributed by atoms with Crippen LogP contribution in [0, 0.1) is 20.8 Å². The monoisotopic (exact) mass is 680 g/mol. The molecule has 0 radical (unpaired) electrons. The van der Waals surface area contributed by atoms with Crippen molar-refractivity contribution in [3.05, 3.63) is 75.4 Å². The van der Waals surface area contributed by atoms with Gasteiger partial charge in [-0.1, -0.05) is 29.3 Å². The Morgan fingerprint density at radius 1 is 0.347 bits per heavy atom. The molecule has 0 spiro atoms. The lowest BCUT2D eigenvalue weighted by molar-refractivity contribution is 1.06. The van der Waals surface area contributed by atoms with Crippen molar-refractivity contribution in [1.82, 2.24) is 0 Å². The van der Waals surface area contributed by atoms with Gasteiger partial charge >= 0.3 is 0 Å². The molecular formula is C42H64N6Si. The van der Waals surface area contributed by atoms with Gasteiger partial charge in [-0.05, 0) is 110 Å². The molecule has 0 aliphatic heterocycles. The van der Waals surface area contributed by atoms with Crippen molar-refractivity contribution in [1.29, 1.82) is 0 Å². The smallest absolute Gasteiger partial charge is 0.167 e. The average molecular weight is 681 g/mol. The van der Waals surface area contributed by atoms with E-state index in [-0.39, 0.29) is 5.54 Å². The zero-order valence-electron chi connectivity index (χ0n) is 34.2. The van der Waals surface area contributed by atoms with Gasteiger partial charge in [-0.2, -0.15) is 0 Å². The first-order valence-electron chi connectivity index (χ1n) is 17.5. The number of hydrogen-bond acceptors (Lipinski definition) is 6. The predicted molar refractivity (Wildman–Crippen MR) is 225 cm³/mol. The molecule has 0 saturated carbocycles. The molecule has 0 atom stereocenters. The van der Waals surface area contributed by atoms with Crippen molar-refractivity contribution in [3.8, 4) is 0 Å². The summed E-state index contributed by atoms with van der Waals surface area (Å²) >= 11 is 0. The summed E-state index contributed by atoms with van der Waals surface area (Å²) in [5.74, 6) is 0. The lowest BCUT2D eigenvalue weighted by atomic mass is 10.1. The van der Waals surface area contributed by atoms with Crippen LogP contribution in [0.3, 0.4) is 0 Å². The Morgan fingerprint density at radius 3 is 0.776 bits per heavy atom. The Kier molecular flexibility index (Phi) is 10.7. The van der Waals surface area contributed by atoms with E-state index >= 15 is 0 Å². The second kappa shape index (κ2) is 13.8. The number of aryl methyl sites for hydroxylation is 3. The Labute approximate surface area is 300 Å². The van der Waals surface area contributed by atoms with Gasteiger partial charge < -0.3 is 29.4 Å². The number of rotatable bonds is 10. The molecule has 4 rings (SSSR count). The van der Waals surface area contributed by atoms with Crippen molar-refractivity contribution in [2.24, 2.45) is 0 Å². The van der Waals surface area contributed by atoms with E-state index in [1.54, 1.807) is 0 Å². The third kappa shape index (κ3) is 6.24. The van der Waals surface area contributed by atoms with E-state index < -0.39 is 8.07 Å². The summed E-state index contributed by atoms with van der Waals surface area (Å²) in [7, 11) is 23.2. The zero-order valence-corrected chi connectivity index (χ0v) is 35.2. The Balaban J connectivity index is 2.52. The fraction of sp³-hybridized carbons (Fsp3) is 0.476. The molecule has 6 nitrogen and oxygen atoms in total. The molecule has 0 fully saturated rings. The molecule has 0 saturated heterocycles. The molecule has 49 heavy (non-hydrogen) atoms. The van der Waals surface area contributed by atoms with Crippen molar-refractivity contribution in [2.45, 2.75) is 54.0 Å². The highest BCUT2D eigenvalue weighted by atomic mass is 28.3. The third-order valence-electron chi connectivity index (χ3n) is 11.2. The van der Waals surface area contributed by atoms with Crippen LogP contribution in [0.15, 0.2) is 58.7 Å². The largest absolute Gasteiger partial charge is 0.378 e. The summed E-state index contributed by atoms with van der Waals surface area (Å²) in [6, 6.07) is 15.1. The van der Waals surface area contributed by atoms with E-state index in [9.17, 15) is 0 Å². The lowest BCUT2D eigenvalue weighted by Crippen LogP contribution is -2.72. The van der Waals surface area contributed by atoms with Gasteiger partial charge in [-0.3, -0.25) is 0 Å². The summed E-state index contributed by atoms with van der Waals surface area (Å²) < 4.78 is 0. The van der Waals surface area contributed by atoms with Gasteiger partial charge in [0.25, 0.3) is 0 Å². The van der Waals surface area contributed by atoms with E-state index in [0.29, 0.717) is 0 Å². The van der Waals surface area contributed by atoms with E-state index in [0.717, 1.165) is 0 Å². The first kappa shape index (κ1) is 38.0. The molecule has 0 aromatic heterocycles. The molecule has 266 valence electrons. The maximum absolute atomic E-state index is 3.09. The molecule has 3 aromatic rings. The average Bonchev–Trinajstić information content (AvgIpc) is 3.19. The Bertz CT molecular complexity index is 1620. The molecule has 0 heterocycles. The second-order valence-electron chi connectivity index (χ2n) is 15.7. The van der Waals surface area contributed by atoms with Crippen molar-refractivity contribution >= 4 is 57.8 Å². The summed E-state index contributed by atoms with van der Waals surface area (Å²) in [5, 5.41) is 4.39. The van der Waals surface area contributed by atoms with Gasteiger partial charge in [0.2, 0.25) is 0 Å². The van der Waals surface area contributed by atoms with Crippen LogP contribution in [-0.4, -0.2) is 92.6 Å². The number of benzene rings is 3. The van der Waals surface area contributed by atoms with Crippen molar-refractivity contribution in [3.63, 3.8) is 0 Å². The van der Waals surface area contributed by atoms with Crippen LogP contribution in [0.5, 0.6) is 0 Å². The number of allylic oxidation sites excluding steroid dienone is 4. The quantitative estimate of drug-likeness (QED) is 0.178. The SMILES string of the molecule is CC1=C(C)C([Si](c2cc(C)c(N(C)C)cc2N(C)C)(c2cc(C)c(N(C)C)cc2N(C)C)c2cc(C)c(N(C)C)cc2N(C)C)C(C)=C1C. The van der Waals surface area contributed by atoms with Crippen LogP contribution in [0.2, 0.25) is 5.54 Å². The highest BCUT2D eigenvalue weighted by Gasteiger charge is 2.54. The van der Waals surface area contributed by atoms with E-state index in [4.69, 9.17) is 0 Å². The summed E-state index contributed by atoms with van der Waals surface area (Å²) in [6.07, 6.45) is 0. The summed E-state index contributed by atoms with van der Waals surface area (Å²) in [5.41, 5.74) is 17.7. The lowest BCUT2D eigenvalue weighted by Gasteiger charge is -2.46. The van der Waals surface area contributed by atoms with Gasteiger partial charge in [-0.25, -0.2) is 0 Å². The van der Waals surface area contributed by atoms with E-state index in [2.05, 4.69) is 199 Å². The summed E-state index contributed by atoms with van der Waals surface area (Å²) in [6.45, 7) is 16.4. The molecule has 0 bridgehead atoms. The van der Waals surface area contributed by atoms with E-state index in [1.165, 1.54) is 88.7 Å². The van der Waals surface area contributed by atoms with Crippen LogP contribution in [0.25, 0.3) is 0 Å². The minimum absolute atomic E-state index is 0.224. The first-order valence-corrected chi connectivity index (χ1v) is 19.6. The van der Waals surface area contributed by atoms with Crippen molar-refractivity contribution < 1.29 is 0 Å². The third-order valence-corrected chi connectivity index (χ3v) is 16.6. The van der Waals surface area contributed by atoms with Crippen LogP contribution in [-0.2, 0) is 0 Å². The van der Waals surface area contributed by atoms with Gasteiger partial charge in [0.05, 0.1) is 0 Å². The van der Waals surface area contributed by atoms with Crippen LogP contribution < -0.4 is 45.0 Å². The van der Waals surface area contributed by atoms with Crippen LogP contribution in [0.4, 0.5) is 34.1 Å². The Hall–Kier alpha value is -3.84. The number of anilines is 6. The zero-order chi connectivity index (χ0) is 37.0. The number of hydrogen-bond donors (Lipinski definition) is 0. The highest BCUT2D eigenvalue weighted by Crippen LogP contribution is 2.49. The topological polar surface area (TPSA) is 19.4 Å². The molecule has 0 N–H and O–H groups in total. The normalized spacial score (nSPS) is 13.8. The molecule has 0 amide bonds. The van der Waals surface area contributed by atoms with Crippen molar-refractivity contribution in [2.75, 3.05) is 114 Å². The number of nitrogens with zero attached hydrogens (tertiary/aromatic N) is 6. The maximum Gasteiger partial charge on any atom is 0.167 e. The highest BCUT2D eigenvalue weighted by molar-refractivity contribution is 7.15. The fourth-order valence-corrected chi connectivity index (χ4v) is 15.4. The van der Waals surface area contributed by atoms with E-state index in [1.807, 2.05) is 0 Å². The predicted octanol–water partition coefficient (Wildman–Crippen LogP) is 6.53. The minimum Gasteiger partial charge on any atom is -0.378 e. The first-order chi connectivity index (χ1) is 22.7. The van der Waals surface area contributed by atoms with Gasteiger partial charge in [-0.15, -0.1) is 0 Å². The van der Waals surface area contributed by atoms with Gasteiger partial charge in [0.15, 0.2) is 8.07 Å². The second-order valence-corrected chi connectivity index (χ2v) is 19.5. The fourth-order valence-electron chi connectivity index (χ4n) is 8.46. The molecule has 0 unspecified atom stereocenters. The summed E-state index contributed by atoms with van der Waals surface area (Å²) in [4.78, 5) is 13.9. The van der Waals surface area contributed by atoms with Gasteiger partial charge in [0, 0.05) is 124 Å². The molecule has 7 heteroatoms. The maximum atomic E-state index is 2.57. The molecule has 3 aromatic carbocycles. The van der Waals surface area contributed by atoms with Crippen LogP contribution in [0.1, 0.15) is 44.4 Å². The standard InChI is InChI=1S/C42H64N6Si/c1-26-20-39(36(46(14)15)23-33(26)43(8)9)49(42-31(6)29(4)30(5)32(42)7,40-21-27(2)34(44(10)11)24-37(40)47(16)17)41-22-28(3)35(45(12)13)25-38(41)48(18)19/h20-25,42H,1-19H3. The molecular weight excluding hydrogens is 617 g/mol. The van der Waals surface area contributed by atoms with Crippen LogP contribution >= 0.6 is 0 Å². The molecule has 1 aliphatic rings. The Morgan fingerprint density at radius 2 is 0.571 bits per heavy atom.